The highest BCUT2D eigenvalue weighted by Gasteiger charge is 2.15. The highest BCUT2D eigenvalue weighted by molar-refractivity contribution is 5.75. The number of pyridine rings is 1. The molecule has 6 heteroatoms. The van der Waals surface area contributed by atoms with Gasteiger partial charge in [0.1, 0.15) is 0 Å². The molecule has 1 aliphatic rings. The van der Waals surface area contributed by atoms with E-state index in [4.69, 9.17) is 14.2 Å². The third-order valence-electron chi connectivity index (χ3n) is 3.30. The maximum Gasteiger partial charge on any atom is 0.222 e. The number of rotatable bonds is 8. The Bertz CT molecular complexity index is 430. The lowest BCUT2D eigenvalue weighted by Crippen LogP contribution is -2.24. The van der Waals surface area contributed by atoms with Gasteiger partial charge in [0.15, 0.2) is 0 Å². The number of hydrogen-bond acceptors (Lipinski definition) is 5. The maximum atomic E-state index is 11.7. The first kappa shape index (κ1) is 15.7. The fourth-order valence-electron chi connectivity index (χ4n) is 2.08. The van der Waals surface area contributed by atoms with Crippen LogP contribution in [0.3, 0.4) is 0 Å². The maximum absolute atomic E-state index is 11.7. The van der Waals surface area contributed by atoms with Crippen LogP contribution in [-0.4, -0.2) is 43.9 Å². The number of nitrogens with one attached hydrogen (secondary N) is 1. The van der Waals surface area contributed by atoms with Crippen molar-refractivity contribution in [3.8, 4) is 5.88 Å². The lowest BCUT2D eigenvalue weighted by molar-refractivity contribution is -0.122. The first-order valence-corrected chi connectivity index (χ1v) is 7.23. The summed E-state index contributed by atoms with van der Waals surface area (Å²) in [6, 6.07) is 3.65. The van der Waals surface area contributed by atoms with Gasteiger partial charge in [-0.2, -0.15) is 0 Å². The van der Waals surface area contributed by atoms with Crippen molar-refractivity contribution < 1.29 is 19.0 Å². The van der Waals surface area contributed by atoms with Crippen LogP contribution in [0.5, 0.6) is 5.88 Å². The Kier molecular flexibility index (Phi) is 6.43. The molecule has 1 N–H and O–H groups in total. The van der Waals surface area contributed by atoms with Gasteiger partial charge in [-0.3, -0.25) is 4.79 Å². The first-order valence-electron chi connectivity index (χ1n) is 7.23. The smallest absolute Gasteiger partial charge is 0.222 e. The SMILES string of the molecule is COc1ccc(CNC(=O)CCOCC2CCCO2)cn1. The van der Waals surface area contributed by atoms with Gasteiger partial charge >= 0.3 is 0 Å². The molecule has 0 saturated carbocycles. The molecular weight excluding hydrogens is 272 g/mol. The van der Waals surface area contributed by atoms with Gasteiger partial charge in [-0.15, -0.1) is 0 Å². The summed E-state index contributed by atoms with van der Waals surface area (Å²) >= 11 is 0. The number of hydrogen-bond donors (Lipinski definition) is 1. The van der Waals surface area contributed by atoms with Gasteiger partial charge < -0.3 is 19.5 Å². The van der Waals surface area contributed by atoms with Gasteiger partial charge in [0.05, 0.1) is 26.4 Å². The van der Waals surface area contributed by atoms with E-state index in [9.17, 15) is 4.79 Å². The summed E-state index contributed by atoms with van der Waals surface area (Å²) in [6.45, 7) is 2.29. The molecule has 2 heterocycles. The number of carbonyl (C=O) groups excluding carboxylic acids is 1. The first-order chi connectivity index (χ1) is 10.3. The molecule has 116 valence electrons. The molecule has 0 aromatic carbocycles. The van der Waals surface area contributed by atoms with Crippen molar-refractivity contribution in [2.45, 2.75) is 31.9 Å². The predicted octanol–water partition coefficient (Wildman–Crippen LogP) is 1.29. The average Bonchev–Trinajstić information content (AvgIpc) is 3.03. The van der Waals surface area contributed by atoms with Gasteiger partial charge in [0, 0.05) is 31.8 Å². The predicted molar refractivity (Wildman–Crippen MR) is 77.0 cm³/mol. The molecule has 6 nitrogen and oxygen atoms in total. The van der Waals surface area contributed by atoms with E-state index in [2.05, 4.69) is 10.3 Å². The minimum absolute atomic E-state index is 0.0295. The standard InChI is InChI=1S/C15H22N2O4/c1-19-15-5-4-12(10-17-15)9-16-14(18)6-8-20-11-13-3-2-7-21-13/h4-5,10,13H,2-3,6-9,11H2,1H3,(H,16,18). The lowest BCUT2D eigenvalue weighted by atomic mass is 10.2. The molecule has 1 aromatic heterocycles. The van der Waals surface area contributed by atoms with Crippen LogP contribution in [-0.2, 0) is 20.8 Å². The third-order valence-corrected chi connectivity index (χ3v) is 3.30. The van der Waals surface area contributed by atoms with Crippen molar-refractivity contribution in [1.29, 1.82) is 0 Å². The molecule has 0 bridgehead atoms. The van der Waals surface area contributed by atoms with Crippen molar-refractivity contribution in [1.82, 2.24) is 10.3 Å². The lowest BCUT2D eigenvalue weighted by Gasteiger charge is -2.10. The van der Waals surface area contributed by atoms with Gasteiger partial charge in [-0.25, -0.2) is 4.98 Å². The normalized spacial score (nSPS) is 17.7. The van der Waals surface area contributed by atoms with Crippen LogP contribution < -0.4 is 10.1 Å². The number of nitrogens with zero attached hydrogens (tertiary/aromatic N) is 1. The summed E-state index contributed by atoms with van der Waals surface area (Å²) in [4.78, 5) is 15.8. The van der Waals surface area contributed by atoms with Gasteiger partial charge in [0.2, 0.25) is 11.8 Å². The molecule has 0 aliphatic carbocycles. The molecule has 2 rings (SSSR count). The van der Waals surface area contributed by atoms with E-state index in [1.807, 2.05) is 6.07 Å². The van der Waals surface area contributed by atoms with Crippen LogP contribution >= 0.6 is 0 Å². The van der Waals surface area contributed by atoms with Crippen molar-refractivity contribution in [2.24, 2.45) is 0 Å². The molecule has 1 atom stereocenters. The highest BCUT2D eigenvalue weighted by Crippen LogP contribution is 2.11. The van der Waals surface area contributed by atoms with Crippen LogP contribution in [0.2, 0.25) is 0 Å². The number of ether oxygens (including phenoxy) is 3. The van der Waals surface area contributed by atoms with Gasteiger partial charge in [0.25, 0.3) is 0 Å². The van der Waals surface area contributed by atoms with Gasteiger partial charge in [-0.1, -0.05) is 6.07 Å². The third kappa shape index (κ3) is 5.69. The quantitative estimate of drug-likeness (QED) is 0.732. The minimum atomic E-state index is -0.0295. The van der Waals surface area contributed by atoms with E-state index in [-0.39, 0.29) is 12.0 Å². The van der Waals surface area contributed by atoms with Crippen LogP contribution in [0.4, 0.5) is 0 Å². The van der Waals surface area contributed by atoms with Crippen LogP contribution in [0.25, 0.3) is 0 Å². The summed E-state index contributed by atoms with van der Waals surface area (Å²) in [7, 11) is 1.57. The molecule has 0 radical (unpaired) electrons. The molecule has 0 spiro atoms. The Morgan fingerprint density at radius 2 is 2.43 bits per heavy atom. The van der Waals surface area contributed by atoms with Gasteiger partial charge in [-0.05, 0) is 18.4 Å². The topological polar surface area (TPSA) is 69.7 Å². The zero-order chi connectivity index (χ0) is 14.9. The number of amides is 1. The molecule has 21 heavy (non-hydrogen) atoms. The van der Waals surface area contributed by atoms with E-state index in [0.717, 1.165) is 25.0 Å². The Morgan fingerprint density at radius 3 is 3.10 bits per heavy atom. The number of carbonyl (C=O) groups is 1. The summed E-state index contributed by atoms with van der Waals surface area (Å²) in [6.07, 6.45) is 4.41. The molecule has 1 amide bonds. The second-order valence-corrected chi connectivity index (χ2v) is 4.95. The summed E-state index contributed by atoms with van der Waals surface area (Å²) in [5.41, 5.74) is 0.935. The Hall–Kier alpha value is -1.66. The largest absolute Gasteiger partial charge is 0.481 e. The molecule has 1 unspecified atom stereocenters. The fourth-order valence-corrected chi connectivity index (χ4v) is 2.08. The fraction of sp³-hybridized carbons (Fsp3) is 0.600. The second kappa shape index (κ2) is 8.59. The summed E-state index contributed by atoms with van der Waals surface area (Å²) < 4.78 is 15.9. The van der Waals surface area contributed by atoms with Crippen molar-refractivity contribution >= 4 is 5.91 Å². The zero-order valence-electron chi connectivity index (χ0n) is 12.3. The van der Waals surface area contributed by atoms with E-state index < -0.39 is 0 Å². The molecular formula is C15H22N2O4. The summed E-state index contributed by atoms with van der Waals surface area (Å²) in [5, 5.41) is 2.83. The van der Waals surface area contributed by atoms with E-state index in [1.54, 1.807) is 19.4 Å². The summed E-state index contributed by atoms with van der Waals surface area (Å²) in [5.74, 6) is 0.533. The molecule has 1 aromatic rings. The number of aromatic nitrogens is 1. The van der Waals surface area contributed by atoms with Crippen LogP contribution in [0.1, 0.15) is 24.8 Å². The molecule has 1 aliphatic heterocycles. The Labute approximate surface area is 124 Å². The minimum Gasteiger partial charge on any atom is -0.481 e. The van der Waals surface area contributed by atoms with Crippen molar-refractivity contribution in [2.75, 3.05) is 26.9 Å². The zero-order valence-corrected chi connectivity index (χ0v) is 12.3. The Morgan fingerprint density at radius 1 is 1.52 bits per heavy atom. The highest BCUT2D eigenvalue weighted by atomic mass is 16.5. The Balaban J connectivity index is 1.56. The monoisotopic (exact) mass is 294 g/mol. The molecule has 1 saturated heterocycles. The van der Waals surface area contributed by atoms with Crippen LogP contribution in [0, 0.1) is 0 Å². The van der Waals surface area contributed by atoms with E-state index >= 15 is 0 Å². The number of methoxy groups -OCH3 is 1. The van der Waals surface area contributed by atoms with Crippen molar-refractivity contribution in [3.05, 3.63) is 23.9 Å². The molecule has 1 fully saturated rings. The van der Waals surface area contributed by atoms with E-state index in [1.165, 1.54) is 0 Å². The second-order valence-electron chi connectivity index (χ2n) is 4.95. The van der Waals surface area contributed by atoms with E-state index in [0.29, 0.717) is 32.1 Å². The van der Waals surface area contributed by atoms with Crippen molar-refractivity contribution in [3.63, 3.8) is 0 Å². The average molecular weight is 294 g/mol. The van der Waals surface area contributed by atoms with Crippen LogP contribution in [0.15, 0.2) is 18.3 Å².